The number of carbonyl (C=O) groups is 1. The van der Waals surface area contributed by atoms with Crippen LogP contribution in [0, 0.1) is 0 Å². The standard InChI is InChI=1S/C30H28N4O3S/c1-2-36-29(35)13-10-24-18-34(19-27(24)23-6-4-3-5-7-23)17-22-8-11-26(12-9-22)37-20-25-21-38-30(33-25)28-16-31-14-15-32-28/h3-9,11-12,14-16,18-19,21H,2,10,13,17,20H2,1H3. The van der Waals surface area contributed by atoms with Gasteiger partial charge in [-0.15, -0.1) is 11.3 Å². The van der Waals surface area contributed by atoms with Crippen molar-refractivity contribution in [2.75, 3.05) is 6.61 Å². The van der Waals surface area contributed by atoms with Crippen LogP contribution in [0.1, 0.15) is 30.2 Å². The van der Waals surface area contributed by atoms with Gasteiger partial charge < -0.3 is 14.0 Å². The number of nitrogens with zero attached hydrogens (tertiary/aromatic N) is 4. The van der Waals surface area contributed by atoms with E-state index >= 15 is 0 Å². The van der Waals surface area contributed by atoms with Crippen LogP contribution in [0.3, 0.4) is 0 Å². The molecule has 5 rings (SSSR count). The van der Waals surface area contributed by atoms with Crippen molar-refractivity contribution in [3.63, 3.8) is 0 Å². The minimum atomic E-state index is -0.169. The zero-order chi connectivity index (χ0) is 26.2. The number of benzene rings is 2. The molecule has 5 aromatic rings. The zero-order valence-electron chi connectivity index (χ0n) is 21.1. The Labute approximate surface area is 225 Å². The largest absolute Gasteiger partial charge is 0.487 e. The van der Waals surface area contributed by atoms with E-state index in [4.69, 9.17) is 9.47 Å². The summed E-state index contributed by atoms with van der Waals surface area (Å²) in [6.45, 7) is 3.33. The van der Waals surface area contributed by atoms with Crippen LogP contribution in [-0.2, 0) is 29.1 Å². The van der Waals surface area contributed by atoms with Crippen molar-refractivity contribution in [1.29, 1.82) is 0 Å². The fraction of sp³-hybridized carbons (Fsp3) is 0.200. The van der Waals surface area contributed by atoms with Gasteiger partial charge in [-0.2, -0.15) is 0 Å². The first kappa shape index (κ1) is 25.4. The Morgan fingerprint density at radius 1 is 1.03 bits per heavy atom. The van der Waals surface area contributed by atoms with Crippen LogP contribution < -0.4 is 4.74 Å². The highest BCUT2D eigenvalue weighted by atomic mass is 32.1. The molecule has 0 bridgehead atoms. The summed E-state index contributed by atoms with van der Waals surface area (Å²) < 4.78 is 13.3. The van der Waals surface area contributed by atoms with Crippen molar-refractivity contribution < 1.29 is 14.3 Å². The van der Waals surface area contributed by atoms with Crippen LogP contribution in [0.15, 0.2) is 91.0 Å². The Bertz CT molecular complexity index is 1460. The summed E-state index contributed by atoms with van der Waals surface area (Å²) >= 11 is 1.53. The fourth-order valence-electron chi connectivity index (χ4n) is 4.15. The minimum absolute atomic E-state index is 0.169. The number of hydrogen-bond donors (Lipinski definition) is 0. The van der Waals surface area contributed by atoms with E-state index in [1.165, 1.54) is 11.3 Å². The Morgan fingerprint density at radius 2 is 1.87 bits per heavy atom. The van der Waals surface area contributed by atoms with E-state index in [1.54, 1.807) is 18.6 Å². The lowest BCUT2D eigenvalue weighted by molar-refractivity contribution is -0.143. The highest BCUT2D eigenvalue weighted by molar-refractivity contribution is 7.13. The molecule has 8 heteroatoms. The molecule has 0 amide bonds. The van der Waals surface area contributed by atoms with Gasteiger partial charge in [-0.1, -0.05) is 42.5 Å². The fourth-order valence-corrected chi connectivity index (χ4v) is 4.92. The molecule has 0 N–H and O–H groups in total. The maximum atomic E-state index is 12.0. The number of thiazole rings is 1. The number of hydrogen-bond acceptors (Lipinski definition) is 7. The number of carbonyl (C=O) groups excluding carboxylic acids is 1. The molecule has 3 heterocycles. The Hall–Kier alpha value is -4.30. The lowest BCUT2D eigenvalue weighted by atomic mass is 10.0. The molecule has 0 radical (unpaired) electrons. The average Bonchev–Trinajstić information content (AvgIpc) is 3.60. The van der Waals surface area contributed by atoms with Crippen molar-refractivity contribution >= 4 is 17.3 Å². The summed E-state index contributed by atoms with van der Waals surface area (Å²) in [6.07, 6.45) is 10.3. The van der Waals surface area contributed by atoms with E-state index in [0.29, 0.717) is 32.6 Å². The number of esters is 1. The first-order valence-electron chi connectivity index (χ1n) is 12.5. The Balaban J connectivity index is 1.23. The summed E-state index contributed by atoms with van der Waals surface area (Å²) in [4.78, 5) is 24.9. The Kier molecular flexibility index (Phi) is 8.20. The van der Waals surface area contributed by atoms with E-state index in [-0.39, 0.29) is 5.97 Å². The molecule has 2 aromatic carbocycles. The molecule has 7 nitrogen and oxygen atoms in total. The smallest absolute Gasteiger partial charge is 0.306 e. The molecule has 0 aliphatic rings. The summed E-state index contributed by atoms with van der Waals surface area (Å²) in [5.41, 5.74) is 6.18. The molecule has 0 atom stereocenters. The molecule has 0 aliphatic heterocycles. The van der Waals surface area contributed by atoms with Gasteiger partial charge >= 0.3 is 5.97 Å². The predicted molar refractivity (Wildman–Crippen MR) is 148 cm³/mol. The van der Waals surface area contributed by atoms with Crippen LogP contribution >= 0.6 is 11.3 Å². The van der Waals surface area contributed by atoms with Crippen molar-refractivity contribution in [2.24, 2.45) is 0 Å². The molecule has 38 heavy (non-hydrogen) atoms. The predicted octanol–water partition coefficient (Wildman–Crippen LogP) is 6.19. The quantitative estimate of drug-likeness (QED) is 0.192. The summed E-state index contributed by atoms with van der Waals surface area (Å²) in [7, 11) is 0. The monoisotopic (exact) mass is 524 g/mol. The number of aryl methyl sites for hydroxylation is 1. The third-order valence-electron chi connectivity index (χ3n) is 5.96. The number of rotatable bonds is 11. The van der Waals surface area contributed by atoms with Crippen LogP contribution in [-0.4, -0.2) is 32.1 Å². The van der Waals surface area contributed by atoms with Gasteiger partial charge in [-0.05, 0) is 42.2 Å². The maximum Gasteiger partial charge on any atom is 0.306 e. The van der Waals surface area contributed by atoms with Gasteiger partial charge in [0.05, 0.1) is 18.5 Å². The van der Waals surface area contributed by atoms with E-state index in [9.17, 15) is 4.79 Å². The highest BCUT2D eigenvalue weighted by Gasteiger charge is 2.12. The Morgan fingerprint density at radius 3 is 2.63 bits per heavy atom. The molecule has 0 saturated heterocycles. The normalized spacial score (nSPS) is 10.9. The average molecular weight is 525 g/mol. The molecule has 192 valence electrons. The van der Waals surface area contributed by atoms with Gasteiger partial charge in [0.1, 0.15) is 23.1 Å². The van der Waals surface area contributed by atoms with Gasteiger partial charge in [0, 0.05) is 48.7 Å². The first-order chi connectivity index (χ1) is 18.7. The van der Waals surface area contributed by atoms with Gasteiger partial charge in [0.25, 0.3) is 0 Å². The number of aromatic nitrogens is 4. The lowest BCUT2D eigenvalue weighted by Gasteiger charge is -2.07. The summed E-state index contributed by atoms with van der Waals surface area (Å²) in [6, 6.07) is 18.4. The summed E-state index contributed by atoms with van der Waals surface area (Å²) in [5, 5.41) is 2.81. The van der Waals surface area contributed by atoms with Gasteiger partial charge in [-0.3, -0.25) is 14.8 Å². The molecule has 0 unspecified atom stereocenters. The van der Waals surface area contributed by atoms with Crippen molar-refractivity contribution in [3.05, 3.63) is 108 Å². The minimum Gasteiger partial charge on any atom is -0.487 e. The van der Waals surface area contributed by atoms with Gasteiger partial charge in [-0.25, -0.2) is 4.98 Å². The second kappa shape index (κ2) is 12.3. The molecule has 0 saturated carbocycles. The second-order valence-electron chi connectivity index (χ2n) is 8.71. The molecular weight excluding hydrogens is 496 g/mol. The van der Waals surface area contributed by atoms with Crippen LogP contribution in [0.25, 0.3) is 21.8 Å². The third-order valence-corrected chi connectivity index (χ3v) is 6.87. The number of ether oxygens (including phenoxy) is 2. The van der Waals surface area contributed by atoms with Crippen LogP contribution in [0.2, 0.25) is 0 Å². The molecule has 0 spiro atoms. The van der Waals surface area contributed by atoms with E-state index < -0.39 is 0 Å². The SMILES string of the molecule is CCOC(=O)CCc1cn(Cc2ccc(OCc3csc(-c4cnccn4)n3)cc2)cc1-c1ccccc1. The highest BCUT2D eigenvalue weighted by Crippen LogP contribution is 2.27. The summed E-state index contributed by atoms with van der Waals surface area (Å²) in [5.74, 6) is 0.618. The van der Waals surface area contributed by atoms with E-state index in [1.807, 2.05) is 42.6 Å². The molecular formula is C30H28N4O3S. The van der Waals surface area contributed by atoms with E-state index in [2.05, 4.69) is 56.2 Å². The van der Waals surface area contributed by atoms with Crippen molar-refractivity contribution in [3.8, 4) is 27.6 Å². The van der Waals surface area contributed by atoms with Crippen molar-refractivity contribution in [2.45, 2.75) is 32.9 Å². The zero-order valence-corrected chi connectivity index (χ0v) is 21.9. The van der Waals surface area contributed by atoms with E-state index in [0.717, 1.165) is 44.4 Å². The molecule has 3 aromatic heterocycles. The lowest BCUT2D eigenvalue weighted by Crippen LogP contribution is -2.05. The maximum absolute atomic E-state index is 12.0. The van der Waals surface area contributed by atoms with Gasteiger partial charge in [0.2, 0.25) is 0 Å². The first-order valence-corrected chi connectivity index (χ1v) is 13.4. The van der Waals surface area contributed by atoms with Crippen molar-refractivity contribution in [1.82, 2.24) is 19.5 Å². The van der Waals surface area contributed by atoms with Crippen LogP contribution in [0.4, 0.5) is 0 Å². The van der Waals surface area contributed by atoms with Crippen LogP contribution in [0.5, 0.6) is 5.75 Å². The topological polar surface area (TPSA) is 79.1 Å². The van der Waals surface area contributed by atoms with Gasteiger partial charge in [0.15, 0.2) is 0 Å². The third kappa shape index (κ3) is 6.52. The molecule has 0 aliphatic carbocycles. The second-order valence-corrected chi connectivity index (χ2v) is 9.57. The molecule has 0 fully saturated rings.